The maximum absolute atomic E-state index is 10.2. The molecular weight excluding hydrogens is 188 g/mol. The minimum atomic E-state index is -1.52. The van der Waals surface area contributed by atoms with E-state index in [0.717, 1.165) is 0 Å². The molecule has 0 aliphatic heterocycles. The minimum Gasteiger partial charge on any atom is -0.396 e. The molecule has 1 heterocycles. The molecule has 3 atom stereocenters. The summed E-state index contributed by atoms with van der Waals surface area (Å²) < 4.78 is 0. The molecule has 0 aliphatic carbocycles. The van der Waals surface area contributed by atoms with Gasteiger partial charge in [-0.15, -0.1) is 0 Å². The van der Waals surface area contributed by atoms with Crippen molar-refractivity contribution in [3.05, 3.63) is 18.2 Å². The monoisotopic (exact) mass is 200 g/mol. The van der Waals surface area contributed by atoms with Crippen LogP contribution in [-0.4, -0.2) is 50.4 Å². The van der Waals surface area contributed by atoms with Crippen LogP contribution in [0.2, 0.25) is 0 Å². The lowest BCUT2D eigenvalue weighted by atomic mass is 9.98. The first-order valence-corrected chi connectivity index (χ1v) is 4.12. The Hall–Kier alpha value is -1.24. The first-order chi connectivity index (χ1) is 6.70. The SMILES string of the molecule is O=C[C@@H](O)[C@@H](O)[C@@H](CO)c1ncc[nH]1. The predicted molar refractivity (Wildman–Crippen MR) is 46.5 cm³/mol. The highest BCUT2D eigenvalue weighted by Crippen LogP contribution is 2.17. The number of aromatic nitrogens is 2. The molecule has 1 aromatic rings. The fourth-order valence-electron chi connectivity index (χ4n) is 1.15. The van der Waals surface area contributed by atoms with Crippen molar-refractivity contribution >= 4 is 6.29 Å². The van der Waals surface area contributed by atoms with E-state index in [1.54, 1.807) is 0 Å². The second-order valence-corrected chi connectivity index (χ2v) is 2.88. The summed E-state index contributed by atoms with van der Waals surface area (Å²) in [6, 6.07) is 0. The Morgan fingerprint density at radius 3 is 2.71 bits per heavy atom. The molecule has 0 amide bonds. The molecule has 14 heavy (non-hydrogen) atoms. The third-order valence-corrected chi connectivity index (χ3v) is 1.97. The van der Waals surface area contributed by atoms with Crippen LogP contribution < -0.4 is 0 Å². The Labute approximate surface area is 80.2 Å². The summed E-state index contributed by atoms with van der Waals surface area (Å²) in [5, 5.41) is 27.5. The number of hydrogen-bond acceptors (Lipinski definition) is 5. The van der Waals surface area contributed by atoms with Gasteiger partial charge < -0.3 is 25.1 Å². The van der Waals surface area contributed by atoms with Crippen molar-refractivity contribution in [2.24, 2.45) is 0 Å². The van der Waals surface area contributed by atoms with Gasteiger partial charge in [-0.3, -0.25) is 0 Å². The maximum atomic E-state index is 10.2. The highest BCUT2D eigenvalue weighted by atomic mass is 16.3. The second-order valence-electron chi connectivity index (χ2n) is 2.88. The van der Waals surface area contributed by atoms with Crippen LogP contribution in [0.4, 0.5) is 0 Å². The number of hydrogen-bond donors (Lipinski definition) is 4. The van der Waals surface area contributed by atoms with E-state index in [4.69, 9.17) is 10.2 Å². The molecule has 6 nitrogen and oxygen atoms in total. The van der Waals surface area contributed by atoms with Gasteiger partial charge in [-0.25, -0.2) is 4.98 Å². The maximum Gasteiger partial charge on any atom is 0.151 e. The lowest BCUT2D eigenvalue weighted by molar-refractivity contribution is -0.121. The third kappa shape index (κ3) is 2.16. The minimum absolute atomic E-state index is 0.219. The van der Waals surface area contributed by atoms with Crippen LogP contribution >= 0.6 is 0 Å². The number of aromatic amines is 1. The Kier molecular flexibility index (Phi) is 3.75. The highest BCUT2D eigenvalue weighted by molar-refractivity contribution is 5.56. The van der Waals surface area contributed by atoms with Crippen LogP contribution in [-0.2, 0) is 4.79 Å². The van der Waals surface area contributed by atoms with E-state index >= 15 is 0 Å². The van der Waals surface area contributed by atoms with Crippen molar-refractivity contribution in [3.63, 3.8) is 0 Å². The average Bonchev–Trinajstić information content (AvgIpc) is 2.71. The summed E-state index contributed by atoms with van der Waals surface area (Å²) in [5.41, 5.74) is 0. The van der Waals surface area contributed by atoms with Crippen LogP contribution in [0.3, 0.4) is 0 Å². The number of nitrogens with zero attached hydrogens (tertiary/aromatic N) is 1. The van der Waals surface area contributed by atoms with Crippen molar-refractivity contribution in [2.75, 3.05) is 6.61 Å². The summed E-state index contributed by atoms with van der Waals surface area (Å²) >= 11 is 0. The number of nitrogens with one attached hydrogen (secondary N) is 1. The van der Waals surface area contributed by atoms with Gasteiger partial charge in [-0.05, 0) is 0 Å². The standard InChI is InChI=1S/C8H12N2O4/c11-3-5(7(14)6(13)4-12)8-9-1-2-10-8/h1-2,4-7,11,13-14H,3H2,(H,9,10)/t5-,6-,7+/m1/s1. The van der Waals surface area contributed by atoms with E-state index in [2.05, 4.69) is 9.97 Å². The van der Waals surface area contributed by atoms with E-state index in [0.29, 0.717) is 5.82 Å². The third-order valence-electron chi connectivity index (χ3n) is 1.97. The van der Waals surface area contributed by atoms with E-state index < -0.39 is 24.7 Å². The normalized spacial score (nSPS) is 17.4. The zero-order chi connectivity index (χ0) is 10.6. The molecule has 6 heteroatoms. The van der Waals surface area contributed by atoms with E-state index in [1.165, 1.54) is 12.4 Å². The van der Waals surface area contributed by atoms with Gasteiger partial charge in [-0.1, -0.05) is 0 Å². The van der Waals surface area contributed by atoms with Gasteiger partial charge in [-0.2, -0.15) is 0 Å². The number of imidazole rings is 1. The molecule has 0 fully saturated rings. The second kappa shape index (κ2) is 4.85. The average molecular weight is 200 g/mol. The first kappa shape index (κ1) is 10.8. The van der Waals surface area contributed by atoms with Crippen molar-refractivity contribution in [1.82, 2.24) is 9.97 Å². The lowest BCUT2D eigenvalue weighted by Crippen LogP contribution is -2.35. The van der Waals surface area contributed by atoms with Crippen molar-refractivity contribution in [1.29, 1.82) is 0 Å². The fourth-order valence-corrected chi connectivity index (χ4v) is 1.15. The molecule has 4 N–H and O–H groups in total. The number of rotatable bonds is 5. The molecule has 0 unspecified atom stereocenters. The predicted octanol–water partition coefficient (Wildman–Crippen LogP) is -1.59. The molecule has 1 aromatic heterocycles. The molecule has 0 bridgehead atoms. The van der Waals surface area contributed by atoms with Gasteiger partial charge in [0.2, 0.25) is 0 Å². The zero-order valence-corrected chi connectivity index (χ0v) is 7.37. The quantitative estimate of drug-likeness (QED) is 0.428. The molecule has 0 aliphatic rings. The molecule has 0 radical (unpaired) electrons. The molecule has 0 aromatic carbocycles. The van der Waals surface area contributed by atoms with Gasteiger partial charge in [0.15, 0.2) is 6.29 Å². The largest absolute Gasteiger partial charge is 0.396 e. The van der Waals surface area contributed by atoms with Gasteiger partial charge in [0.25, 0.3) is 0 Å². The summed E-state index contributed by atoms with van der Waals surface area (Å²) in [6.45, 7) is -0.403. The Morgan fingerprint density at radius 1 is 1.57 bits per heavy atom. The van der Waals surface area contributed by atoms with E-state index in [-0.39, 0.29) is 6.29 Å². The molecule has 0 saturated heterocycles. The topological polar surface area (TPSA) is 106 Å². The number of aliphatic hydroxyl groups excluding tert-OH is 3. The summed E-state index contributed by atoms with van der Waals surface area (Å²) in [7, 11) is 0. The number of aldehydes is 1. The number of carbonyl (C=O) groups is 1. The van der Waals surface area contributed by atoms with Gasteiger partial charge >= 0.3 is 0 Å². The smallest absolute Gasteiger partial charge is 0.151 e. The summed E-state index contributed by atoms with van der Waals surface area (Å²) in [4.78, 5) is 16.7. The Balaban J connectivity index is 2.76. The lowest BCUT2D eigenvalue weighted by Gasteiger charge is -2.20. The van der Waals surface area contributed by atoms with Crippen molar-refractivity contribution < 1.29 is 20.1 Å². The zero-order valence-electron chi connectivity index (χ0n) is 7.37. The molecule has 1 rings (SSSR count). The van der Waals surface area contributed by atoms with E-state index in [9.17, 15) is 9.90 Å². The van der Waals surface area contributed by atoms with Crippen molar-refractivity contribution in [3.8, 4) is 0 Å². The van der Waals surface area contributed by atoms with Crippen LogP contribution in [0.5, 0.6) is 0 Å². The molecule has 0 spiro atoms. The molecule has 78 valence electrons. The summed E-state index contributed by atoms with van der Waals surface area (Å²) in [5.74, 6) is -0.453. The van der Waals surface area contributed by atoms with E-state index in [1.807, 2.05) is 0 Å². The number of aliphatic hydroxyl groups is 3. The van der Waals surface area contributed by atoms with Crippen LogP contribution in [0, 0.1) is 0 Å². The van der Waals surface area contributed by atoms with Gasteiger partial charge in [0.05, 0.1) is 18.6 Å². The molecular formula is C8H12N2O4. The molecule has 0 saturated carbocycles. The van der Waals surface area contributed by atoms with Gasteiger partial charge in [0.1, 0.15) is 11.9 Å². The first-order valence-electron chi connectivity index (χ1n) is 4.12. The van der Waals surface area contributed by atoms with Crippen molar-refractivity contribution in [2.45, 2.75) is 18.1 Å². The Bertz CT molecular complexity index is 275. The van der Waals surface area contributed by atoms with Crippen LogP contribution in [0.1, 0.15) is 11.7 Å². The van der Waals surface area contributed by atoms with Gasteiger partial charge in [0, 0.05) is 12.4 Å². The number of carbonyl (C=O) groups excluding carboxylic acids is 1. The Morgan fingerprint density at radius 2 is 2.29 bits per heavy atom. The summed E-state index contributed by atoms with van der Waals surface area (Å²) in [6.07, 6.45) is 0.327. The van der Waals surface area contributed by atoms with Crippen LogP contribution in [0.15, 0.2) is 12.4 Å². The fraction of sp³-hybridized carbons (Fsp3) is 0.500. The van der Waals surface area contributed by atoms with Crippen LogP contribution in [0.25, 0.3) is 0 Å². The number of H-pyrrole nitrogens is 1. The highest BCUT2D eigenvalue weighted by Gasteiger charge is 2.28.